The highest BCUT2D eigenvalue weighted by Gasteiger charge is 2.18. The lowest BCUT2D eigenvalue weighted by Gasteiger charge is -2.23. The number of benzene rings is 2. The first-order valence-corrected chi connectivity index (χ1v) is 16.5. The van der Waals surface area contributed by atoms with E-state index < -0.39 is 7.82 Å². The topological polar surface area (TPSA) is 131 Å². The molecule has 0 bridgehead atoms. The quantitative estimate of drug-likeness (QED) is 0.122. The maximum absolute atomic E-state index is 13.0. The Morgan fingerprint density at radius 1 is 0.902 bits per heavy atom. The fourth-order valence-electron chi connectivity index (χ4n) is 5.63. The number of hydrogen-bond donors (Lipinski definition) is 3. The van der Waals surface area contributed by atoms with E-state index in [1.54, 1.807) is 12.0 Å². The van der Waals surface area contributed by atoms with Crippen molar-refractivity contribution in [1.82, 2.24) is 11.1 Å². The highest BCUT2D eigenvalue weighted by Crippen LogP contribution is 2.35. The minimum Gasteiger partial charge on any atom is -0.497 e. The van der Waals surface area contributed by atoms with Gasteiger partial charge < -0.3 is 25.6 Å². The lowest BCUT2D eigenvalue weighted by Crippen LogP contribution is -2.33. The molecule has 1 aliphatic carbocycles. The first kappa shape index (κ1) is 35.0. The van der Waals surface area contributed by atoms with Crippen LogP contribution in [-0.4, -0.2) is 40.9 Å². The van der Waals surface area contributed by atoms with Gasteiger partial charge in [-0.25, -0.2) is 4.57 Å². The lowest BCUT2D eigenvalue weighted by atomic mass is 9.85. The van der Waals surface area contributed by atoms with Crippen LogP contribution in [-0.2, 0) is 33.3 Å². The molecule has 1 amide bonds. The van der Waals surface area contributed by atoms with Gasteiger partial charge in [-0.3, -0.25) is 9.32 Å². The summed E-state index contributed by atoms with van der Waals surface area (Å²) in [5.41, 5.74) is 3.72. The third kappa shape index (κ3) is 14.5. The van der Waals surface area contributed by atoms with Crippen LogP contribution >= 0.6 is 7.82 Å². The van der Waals surface area contributed by atoms with E-state index in [9.17, 15) is 9.36 Å². The molecule has 2 aromatic carbocycles. The van der Waals surface area contributed by atoms with Gasteiger partial charge in [0.05, 0.1) is 13.7 Å². The average Bonchev–Trinajstić information content (AvgIpc) is 2.95. The van der Waals surface area contributed by atoms with Gasteiger partial charge in [0, 0.05) is 19.5 Å². The fourth-order valence-corrected chi connectivity index (χ4v) is 5.95. The Kier molecular flexibility index (Phi) is 16.3. The number of rotatable bonds is 18. The van der Waals surface area contributed by atoms with Gasteiger partial charge in [0.1, 0.15) is 5.75 Å². The summed E-state index contributed by atoms with van der Waals surface area (Å²) < 4.78 is 20.9. The number of aryl methyl sites for hydroxylation is 2. The van der Waals surface area contributed by atoms with Gasteiger partial charge in [-0.1, -0.05) is 87.8 Å². The number of methoxy groups -OCH3 is 1. The van der Waals surface area contributed by atoms with Crippen molar-refractivity contribution in [2.45, 2.75) is 96.4 Å². The molecule has 3 rings (SSSR count). The monoisotopic (exact) mass is 590 g/mol. The summed E-state index contributed by atoms with van der Waals surface area (Å²) in [4.78, 5) is 32.6. The molecule has 0 spiro atoms. The number of ether oxygens (including phenoxy) is 1. The first-order chi connectivity index (χ1) is 19.3. The third-order valence-corrected chi connectivity index (χ3v) is 8.42. The summed E-state index contributed by atoms with van der Waals surface area (Å²) in [5.74, 6) is 1.65. The minimum absolute atomic E-state index is 0. The summed E-state index contributed by atoms with van der Waals surface area (Å²) in [6, 6.07) is 16.4. The fraction of sp³-hybridized carbons (Fsp3) is 0.594. The van der Waals surface area contributed by atoms with Crippen LogP contribution in [0.25, 0.3) is 0 Å². The number of nitrogens with zero attached hydrogens (tertiary/aromatic N) is 1. The Hall–Kier alpha value is -2.22. The maximum Gasteiger partial charge on any atom is 0.469 e. The zero-order chi connectivity index (χ0) is 28.6. The van der Waals surface area contributed by atoms with Crippen molar-refractivity contribution in [2.24, 2.45) is 5.92 Å². The first-order valence-electron chi connectivity index (χ1n) is 15.0. The molecule has 230 valence electrons. The number of phosphoric acid groups is 1. The standard InChI is InChI=1S/C32H48NO6P.H3N/c1-38-31-21-19-30(20-22-31)26-33(23-24-39-40(35,36)37)32(34)18-7-3-6-14-28-16-10-17-29(25-28)15-9-8-13-27-11-4-2-5-12-27;/h10,16-17,19-22,25,27H,2-9,11-15,18,23-24,26H2,1H3,(H2,35,36,37);1H3. The van der Waals surface area contributed by atoms with Crippen molar-refractivity contribution in [3.05, 3.63) is 65.2 Å². The van der Waals surface area contributed by atoms with Crippen LogP contribution in [0, 0.1) is 5.92 Å². The normalized spacial score (nSPS) is 13.9. The summed E-state index contributed by atoms with van der Waals surface area (Å²) in [5, 5.41) is 0. The van der Waals surface area contributed by atoms with Gasteiger partial charge in [-0.05, 0) is 66.8 Å². The third-order valence-electron chi connectivity index (χ3n) is 7.91. The van der Waals surface area contributed by atoms with Crippen LogP contribution in [0.5, 0.6) is 5.75 Å². The molecule has 0 aliphatic heterocycles. The van der Waals surface area contributed by atoms with Gasteiger partial charge in [0.25, 0.3) is 0 Å². The predicted molar refractivity (Wildman–Crippen MR) is 164 cm³/mol. The van der Waals surface area contributed by atoms with Crippen molar-refractivity contribution in [1.29, 1.82) is 0 Å². The van der Waals surface area contributed by atoms with Crippen LogP contribution in [0.15, 0.2) is 48.5 Å². The number of carbonyl (C=O) groups is 1. The largest absolute Gasteiger partial charge is 0.497 e. The Bertz CT molecular complexity index is 1050. The van der Waals surface area contributed by atoms with E-state index in [1.165, 1.54) is 62.5 Å². The molecule has 1 saturated carbocycles. The molecular weight excluding hydrogens is 539 g/mol. The molecule has 0 saturated heterocycles. The molecule has 8 nitrogen and oxygen atoms in total. The van der Waals surface area contributed by atoms with Crippen molar-refractivity contribution in [3.63, 3.8) is 0 Å². The van der Waals surface area contributed by atoms with Crippen molar-refractivity contribution >= 4 is 13.7 Å². The number of amides is 1. The molecule has 5 N–H and O–H groups in total. The summed E-state index contributed by atoms with van der Waals surface area (Å²) in [6.07, 6.45) is 16.5. The van der Waals surface area contributed by atoms with Crippen molar-refractivity contribution < 1.29 is 28.4 Å². The lowest BCUT2D eigenvalue weighted by molar-refractivity contribution is -0.132. The van der Waals surface area contributed by atoms with Gasteiger partial charge in [0.2, 0.25) is 5.91 Å². The van der Waals surface area contributed by atoms with Gasteiger partial charge in [-0.15, -0.1) is 0 Å². The molecule has 1 aliphatic rings. The van der Waals surface area contributed by atoms with Crippen LogP contribution in [0.4, 0.5) is 0 Å². The van der Waals surface area contributed by atoms with E-state index in [1.807, 2.05) is 24.3 Å². The number of hydrogen-bond acceptors (Lipinski definition) is 5. The van der Waals surface area contributed by atoms with E-state index in [0.29, 0.717) is 13.0 Å². The Labute approximate surface area is 246 Å². The SMILES string of the molecule is COc1ccc(CN(CCOP(=O)(O)O)C(=O)CCCCCc2cccc(CCCCC3CCCCC3)c2)cc1.N. The van der Waals surface area contributed by atoms with Crippen LogP contribution in [0.1, 0.15) is 93.7 Å². The molecule has 0 unspecified atom stereocenters. The average molecular weight is 591 g/mol. The molecule has 41 heavy (non-hydrogen) atoms. The molecule has 2 aromatic rings. The second kappa shape index (κ2) is 19.1. The molecule has 0 aromatic heterocycles. The predicted octanol–water partition coefficient (Wildman–Crippen LogP) is 7.39. The van der Waals surface area contributed by atoms with E-state index in [-0.39, 0.29) is 25.2 Å². The zero-order valence-corrected chi connectivity index (χ0v) is 25.7. The maximum atomic E-state index is 13.0. The van der Waals surface area contributed by atoms with Crippen molar-refractivity contribution in [2.75, 3.05) is 20.3 Å². The summed E-state index contributed by atoms with van der Waals surface area (Å²) in [6.45, 7) is 0.243. The summed E-state index contributed by atoms with van der Waals surface area (Å²) >= 11 is 0. The minimum atomic E-state index is -4.58. The second-order valence-corrected chi connectivity index (χ2v) is 12.4. The summed E-state index contributed by atoms with van der Waals surface area (Å²) in [7, 11) is -2.98. The second-order valence-electron chi connectivity index (χ2n) is 11.1. The van der Waals surface area contributed by atoms with Gasteiger partial charge in [0.15, 0.2) is 0 Å². The van der Waals surface area contributed by atoms with Gasteiger partial charge in [-0.2, -0.15) is 0 Å². The van der Waals surface area contributed by atoms with E-state index in [2.05, 4.69) is 28.8 Å². The Morgan fingerprint density at radius 2 is 1.56 bits per heavy atom. The molecule has 1 fully saturated rings. The number of carbonyl (C=O) groups excluding carboxylic acids is 1. The Balaban J connectivity index is 0.00000588. The van der Waals surface area contributed by atoms with Crippen LogP contribution < -0.4 is 10.9 Å². The van der Waals surface area contributed by atoms with E-state index >= 15 is 0 Å². The number of unbranched alkanes of at least 4 members (excludes halogenated alkanes) is 3. The highest BCUT2D eigenvalue weighted by molar-refractivity contribution is 7.46. The van der Waals surface area contributed by atoms with E-state index in [0.717, 1.165) is 49.3 Å². The number of phosphoric ester groups is 1. The molecule has 0 heterocycles. The smallest absolute Gasteiger partial charge is 0.469 e. The van der Waals surface area contributed by atoms with Gasteiger partial charge >= 0.3 is 7.82 Å². The molecule has 9 heteroatoms. The highest BCUT2D eigenvalue weighted by atomic mass is 31.2. The van der Waals surface area contributed by atoms with E-state index in [4.69, 9.17) is 14.5 Å². The Morgan fingerprint density at radius 3 is 2.20 bits per heavy atom. The van der Waals surface area contributed by atoms with Crippen LogP contribution in [0.2, 0.25) is 0 Å². The molecular formula is C32H51N2O6P. The molecule has 0 radical (unpaired) electrons. The van der Waals surface area contributed by atoms with Crippen molar-refractivity contribution in [3.8, 4) is 5.75 Å². The zero-order valence-electron chi connectivity index (χ0n) is 24.8. The molecule has 0 atom stereocenters. The van der Waals surface area contributed by atoms with Crippen LogP contribution in [0.3, 0.4) is 0 Å².